The first-order valence-corrected chi connectivity index (χ1v) is 7.56. The van der Waals surface area contributed by atoms with Crippen molar-refractivity contribution in [2.75, 3.05) is 12.9 Å². The van der Waals surface area contributed by atoms with Crippen LogP contribution in [0.1, 0.15) is 6.92 Å². The second-order valence-corrected chi connectivity index (χ2v) is 5.53. The fraction of sp³-hybridized carbons (Fsp3) is 0.286. The van der Waals surface area contributed by atoms with Gasteiger partial charge in [-0.05, 0) is 19.1 Å². The average Bonchev–Trinajstić information content (AvgIpc) is 2.87. The Morgan fingerprint density at radius 1 is 1.40 bits per heavy atom. The molecule has 0 fully saturated rings. The van der Waals surface area contributed by atoms with Crippen LogP contribution < -0.4 is 4.74 Å². The fourth-order valence-corrected chi connectivity index (χ4v) is 2.77. The third-order valence-corrected chi connectivity index (χ3v) is 4.08. The van der Waals surface area contributed by atoms with Crippen molar-refractivity contribution in [3.8, 4) is 17.1 Å². The molecule has 0 atom stereocenters. The minimum Gasteiger partial charge on any atom is -0.496 e. The molecule has 0 radical (unpaired) electrons. The van der Waals surface area contributed by atoms with Crippen LogP contribution in [0.25, 0.3) is 11.4 Å². The van der Waals surface area contributed by atoms with Gasteiger partial charge in [0.05, 0.1) is 12.7 Å². The Kier molecular flexibility index (Phi) is 5.09. The Bertz CT molecular complexity index is 612. The van der Waals surface area contributed by atoms with E-state index < -0.39 is 0 Å². The molecule has 4 nitrogen and oxygen atoms in total. The van der Waals surface area contributed by atoms with Gasteiger partial charge in [-0.3, -0.25) is 0 Å². The van der Waals surface area contributed by atoms with Gasteiger partial charge in [-0.1, -0.05) is 42.1 Å². The van der Waals surface area contributed by atoms with E-state index in [4.69, 9.17) is 16.3 Å². The first-order valence-electron chi connectivity index (χ1n) is 6.20. The summed E-state index contributed by atoms with van der Waals surface area (Å²) >= 11 is 7.33. The second-order valence-electron chi connectivity index (χ2n) is 4.06. The summed E-state index contributed by atoms with van der Waals surface area (Å²) in [4.78, 5) is 0. The van der Waals surface area contributed by atoms with Crippen LogP contribution in [0.2, 0.25) is 0 Å². The molecule has 0 N–H and O–H groups in total. The number of rotatable bonds is 6. The standard InChI is InChI=1S/C14H16ClN3OS/c1-4-18-13(11-7-5-6-8-12(11)19-3)16-17-14(18)20-9-10(2)15/h5-8H,2,4,9H2,1,3H3. The second kappa shape index (κ2) is 6.81. The monoisotopic (exact) mass is 309 g/mol. The van der Waals surface area contributed by atoms with Crippen molar-refractivity contribution in [1.29, 1.82) is 0 Å². The van der Waals surface area contributed by atoms with Gasteiger partial charge in [-0.2, -0.15) is 0 Å². The van der Waals surface area contributed by atoms with Crippen LogP contribution in [0.4, 0.5) is 0 Å². The van der Waals surface area contributed by atoms with E-state index in [1.54, 1.807) is 7.11 Å². The summed E-state index contributed by atoms with van der Waals surface area (Å²) in [7, 11) is 1.65. The van der Waals surface area contributed by atoms with Gasteiger partial charge in [0.15, 0.2) is 11.0 Å². The zero-order chi connectivity index (χ0) is 14.5. The molecule has 106 valence electrons. The molecule has 2 aromatic rings. The highest BCUT2D eigenvalue weighted by Crippen LogP contribution is 2.31. The van der Waals surface area contributed by atoms with Gasteiger partial charge in [-0.25, -0.2) is 0 Å². The molecule has 20 heavy (non-hydrogen) atoms. The number of ether oxygens (including phenoxy) is 1. The average molecular weight is 310 g/mol. The Morgan fingerprint density at radius 3 is 2.80 bits per heavy atom. The van der Waals surface area contributed by atoms with E-state index in [0.717, 1.165) is 28.8 Å². The van der Waals surface area contributed by atoms with Crippen molar-refractivity contribution in [2.24, 2.45) is 0 Å². The first kappa shape index (κ1) is 14.9. The fourth-order valence-electron chi connectivity index (χ4n) is 1.85. The normalized spacial score (nSPS) is 10.6. The lowest BCUT2D eigenvalue weighted by Gasteiger charge is -2.10. The summed E-state index contributed by atoms with van der Waals surface area (Å²) in [5.74, 6) is 2.20. The minimum atomic E-state index is 0.597. The largest absolute Gasteiger partial charge is 0.496 e. The Morgan fingerprint density at radius 2 is 2.15 bits per heavy atom. The highest BCUT2D eigenvalue weighted by molar-refractivity contribution is 7.99. The van der Waals surface area contributed by atoms with Crippen LogP contribution in [-0.4, -0.2) is 27.6 Å². The number of nitrogens with zero attached hydrogens (tertiary/aromatic N) is 3. The summed E-state index contributed by atoms with van der Waals surface area (Å²) in [6, 6.07) is 7.78. The third kappa shape index (κ3) is 3.16. The number of halogens is 1. The summed E-state index contributed by atoms with van der Waals surface area (Å²) in [5, 5.41) is 9.94. The van der Waals surface area contributed by atoms with E-state index in [1.807, 2.05) is 28.8 Å². The SMILES string of the molecule is C=C(Cl)CSc1nnc(-c2ccccc2OC)n1CC. The van der Waals surface area contributed by atoms with Crippen molar-refractivity contribution in [3.05, 3.63) is 35.9 Å². The molecule has 0 aliphatic carbocycles. The van der Waals surface area contributed by atoms with Crippen molar-refractivity contribution < 1.29 is 4.74 Å². The first-order chi connectivity index (χ1) is 9.67. The number of methoxy groups -OCH3 is 1. The minimum absolute atomic E-state index is 0.597. The lowest BCUT2D eigenvalue weighted by atomic mass is 10.2. The van der Waals surface area contributed by atoms with Crippen LogP contribution in [0.5, 0.6) is 5.75 Å². The van der Waals surface area contributed by atoms with E-state index in [0.29, 0.717) is 10.8 Å². The zero-order valence-corrected chi connectivity index (χ0v) is 13.0. The van der Waals surface area contributed by atoms with E-state index in [2.05, 4.69) is 23.7 Å². The summed E-state index contributed by atoms with van der Waals surface area (Å²) in [6.07, 6.45) is 0. The quantitative estimate of drug-likeness (QED) is 0.761. The molecule has 0 bridgehead atoms. The van der Waals surface area contributed by atoms with E-state index in [1.165, 1.54) is 11.8 Å². The maximum absolute atomic E-state index is 5.80. The predicted molar refractivity (Wildman–Crippen MR) is 83.4 cm³/mol. The molecule has 0 aliphatic rings. The summed E-state index contributed by atoms with van der Waals surface area (Å²) in [5.41, 5.74) is 0.931. The Hall–Kier alpha value is -1.46. The molecule has 0 aliphatic heterocycles. The smallest absolute Gasteiger partial charge is 0.191 e. The van der Waals surface area contributed by atoms with Gasteiger partial charge in [0.1, 0.15) is 5.75 Å². The summed E-state index contributed by atoms with van der Waals surface area (Å²) < 4.78 is 7.43. The number of para-hydroxylation sites is 1. The molecule has 1 aromatic heterocycles. The molecule has 1 aromatic carbocycles. The van der Waals surface area contributed by atoms with Crippen LogP contribution >= 0.6 is 23.4 Å². The molecular formula is C14H16ClN3OS. The van der Waals surface area contributed by atoms with E-state index in [9.17, 15) is 0 Å². The number of aromatic nitrogens is 3. The maximum atomic E-state index is 5.80. The Labute approximate surface area is 127 Å². The predicted octanol–water partition coefficient (Wildman–Crippen LogP) is 3.82. The maximum Gasteiger partial charge on any atom is 0.191 e. The molecular weight excluding hydrogens is 294 g/mol. The zero-order valence-electron chi connectivity index (χ0n) is 11.5. The van der Waals surface area contributed by atoms with Gasteiger partial charge in [0.25, 0.3) is 0 Å². The molecule has 1 heterocycles. The summed E-state index contributed by atoms with van der Waals surface area (Å²) in [6.45, 7) is 6.52. The van der Waals surface area contributed by atoms with Crippen LogP contribution in [-0.2, 0) is 6.54 Å². The Balaban J connectivity index is 2.39. The van der Waals surface area contributed by atoms with Gasteiger partial charge < -0.3 is 9.30 Å². The van der Waals surface area contributed by atoms with Gasteiger partial charge >= 0.3 is 0 Å². The van der Waals surface area contributed by atoms with Crippen molar-refractivity contribution >= 4 is 23.4 Å². The molecule has 0 amide bonds. The van der Waals surface area contributed by atoms with E-state index in [-0.39, 0.29) is 0 Å². The van der Waals surface area contributed by atoms with Crippen molar-refractivity contribution in [2.45, 2.75) is 18.6 Å². The van der Waals surface area contributed by atoms with Gasteiger partial charge in [0.2, 0.25) is 0 Å². The van der Waals surface area contributed by atoms with Crippen LogP contribution in [0.3, 0.4) is 0 Å². The molecule has 0 saturated carbocycles. The molecule has 0 saturated heterocycles. The molecule has 0 unspecified atom stereocenters. The topological polar surface area (TPSA) is 39.9 Å². The lowest BCUT2D eigenvalue weighted by Crippen LogP contribution is -2.01. The number of thioether (sulfide) groups is 1. The van der Waals surface area contributed by atoms with Gasteiger partial charge in [-0.15, -0.1) is 10.2 Å². The molecule has 2 rings (SSSR count). The third-order valence-electron chi connectivity index (χ3n) is 2.74. The molecule has 6 heteroatoms. The molecule has 0 spiro atoms. The van der Waals surface area contributed by atoms with Gasteiger partial charge in [0, 0.05) is 17.3 Å². The highest BCUT2D eigenvalue weighted by atomic mass is 35.5. The van der Waals surface area contributed by atoms with Crippen LogP contribution in [0.15, 0.2) is 41.0 Å². The number of benzene rings is 1. The van der Waals surface area contributed by atoms with Crippen molar-refractivity contribution in [3.63, 3.8) is 0 Å². The van der Waals surface area contributed by atoms with E-state index >= 15 is 0 Å². The number of hydrogen-bond donors (Lipinski definition) is 0. The lowest BCUT2D eigenvalue weighted by molar-refractivity contribution is 0.416. The van der Waals surface area contributed by atoms with Crippen molar-refractivity contribution in [1.82, 2.24) is 14.8 Å². The highest BCUT2D eigenvalue weighted by Gasteiger charge is 2.16. The van der Waals surface area contributed by atoms with Crippen LogP contribution in [0, 0.1) is 0 Å². The number of hydrogen-bond acceptors (Lipinski definition) is 4.